The summed E-state index contributed by atoms with van der Waals surface area (Å²) in [5, 5.41) is 0. The SMILES string of the molecule is Cc1ccccc1SN1CCCCC1=O. The molecule has 0 spiro atoms. The molecule has 80 valence electrons. The third-order valence-electron chi connectivity index (χ3n) is 2.58. The molecule has 0 bridgehead atoms. The van der Waals surface area contributed by atoms with E-state index in [1.807, 2.05) is 16.4 Å². The van der Waals surface area contributed by atoms with Crippen LogP contribution in [-0.4, -0.2) is 16.8 Å². The van der Waals surface area contributed by atoms with Gasteiger partial charge in [-0.05, 0) is 43.3 Å². The van der Waals surface area contributed by atoms with Crippen LogP contribution in [0.15, 0.2) is 29.2 Å². The Morgan fingerprint density at radius 1 is 1.27 bits per heavy atom. The van der Waals surface area contributed by atoms with Gasteiger partial charge < -0.3 is 0 Å². The normalized spacial score (nSPS) is 16.9. The lowest BCUT2D eigenvalue weighted by atomic mass is 10.2. The molecule has 0 unspecified atom stereocenters. The van der Waals surface area contributed by atoms with E-state index >= 15 is 0 Å². The van der Waals surface area contributed by atoms with E-state index in [-0.39, 0.29) is 5.91 Å². The van der Waals surface area contributed by atoms with Gasteiger partial charge >= 0.3 is 0 Å². The molecule has 0 atom stereocenters. The smallest absolute Gasteiger partial charge is 0.232 e. The zero-order valence-corrected chi connectivity index (χ0v) is 9.72. The van der Waals surface area contributed by atoms with Gasteiger partial charge in [-0.25, -0.2) is 0 Å². The van der Waals surface area contributed by atoms with Crippen LogP contribution in [0.5, 0.6) is 0 Å². The van der Waals surface area contributed by atoms with Crippen LogP contribution in [0.3, 0.4) is 0 Å². The first-order valence-corrected chi connectivity index (χ1v) is 6.08. The number of piperidine rings is 1. The van der Waals surface area contributed by atoms with Gasteiger partial charge in [0.15, 0.2) is 0 Å². The third kappa shape index (κ3) is 2.53. The average Bonchev–Trinajstić information content (AvgIpc) is 2.24. The summed E-state index contributed by atoms with van der Waals surface area (Å²) in [6.07, 6.45) is 2.88. The van der Waals surface area contributed by atoms with Crippen molar-refractivity contribution in [3.63, 3.8) is 0 Å². The lowest BCUT2D eigenvalue weighted by molar-refractivity contribution is -0.127. The van der Waals surface area contributed by atoms with Gasteiger partial charge in [0.2, 0.25) is 5.91 Å². The Bertz CT molecular complexity index is 364. The quantitative estimate of drug-likeness (QED) is 0.715. The van der Waals surface area contributed by atoms with Crippen molar-refractivity contribution in [2.75, 3.05) is 6.54 Å². The summed E-state index contributed by atoms with van der Waals surface area (Å²) in [6, 6.07) is 8.19. The minimum Gasteiger partial charge on any atom is -0.282 e. The molecule has 0 radical (unpaired) electrons. The Balaban J connectivity index is 2.08. The molecule has 1 fully saturated rings. The van der Waals surface area contributed by atoms with Crippen molar-refractivity contribution in [2.24, 2.45) is 0 Å². The molecule has 1 heterocycles. The standard InChI is InChI=1S/C12H15NOS/c1-10-6-2-3-7-11(10)15-13-9-5-4-8-12(13)14/h2-3,6-7H,4-5,8-9H2,1H3. The monoisotopic (exact) mass is 221 g/mol. The van der Waals surface area contributed by atoms with E-state index in [2.05, 4.69) is 19.1 Å². The fourth-order valence-electron chi connectivity index (χ4n) is 1.66. The summed E-state index contributed by atoms with van der Waals surface area (Å²) in [6.45, 7) is 2.97. The average molecular weight is 221 g/mol. The van der Waals surface area contributed by atoms with Crippen molar-refractivity contribution in [3.05, 3.63) is 29.8 Å². The van der Waals surface area contributed by atoms with Crippen molar-refractivity contribution >= 4 is 17.9 Å². The highest BCUT2D eigenvalue weighted by atomic mass is 32.2. The maximum absolute atomic E-state index is 11.6. The predicted octanol–water partition coefficient (Wildman–Crippen LogP) is 3.01. The maximum Gasteiger partial charge on any atom is 0.232 e. The Morgan fingerprint density at radius 3 is 2.80 bits per heavy atom. The van der Waals surface area contributed by atoms with Crippen LogP contribution in [0.2, 0.25) is 0 Å². The molecule has 2 rings (SSSR count). The fraction of sp³-hybridized carbons (Fsp3) is 0.417. The molecule has 0 N–H and O–H groups in total. The summed E-state index contributed by atoms with van der Waals surface area (Å²) in [4.78, 5) is 12.8. The van der Waals surface area contributed by atoms with E-state index in [1.165, 1.54) is 10.5 Å². The van der Waals surface area contributed by atoms with Crippen LogP contribution >= 0.6 is 11.9 Å². The predicted molar refractivity (Wildman–Crippen MR) is 62.6 cm³/mol. The lowest BCUT2D eigenvalue weighted by Crippen LogP contribution is -2.29. The summed E-state index contributed by atoms with van der Waals surface area (Å²) >= 11 is 1.58. The molecule has 1 amide bonds. The van der Waals surface area contributed by atoms with E-state index in [1.54, 1.807) is 11.9 Å². The second kappa shape index (κ2) is 4.71. The minimum atomic E-state index is 0.273. The number of amides is 1. The number of carbonyl (C=O) groups is 1. The minimum absolute atomic E-state index is 0.273. The molecule has 1 aromatic rings. The highest BCUT2D eigenvalue weighted by Gasteiger charge is 2.19. The van der Waals surface area contributed by atoms with Crippen LogP contribution in [0, 0.1) is 6.92 Å². The van der Waals surface area contributed by atoms with Gasteiger partial charge in [-0.3, -0.25) is 9.10 Å². The van der Waals surface area contributed by atoms with E-state index in [4.69, 9.17) is 0 Å². The molecule has 0 saturated carbocycles. The lowest BCUT2D eigenvalue weighted by Gasteiger charge is -2.25. The molecule has 1 aliphatic rings. The third-order valence-corrected chi connectivity index (χ3v) is 3.84. The number of carbonyl (C=O) groups excluding carboxylic acids is 1. The zero-order valence-electron chi connectivity index (χ0n) is 8.90. The van der Waals surface area contributed by atoms with Crippen molar-refractivity contribution in [2.45, 2.75) is 31.1 Å². The first-order valence-electron chi connectivity index (χ1n) is 5.31. The highest BCUT2D eigenvalue weighted by Crippen LogP contribution is 2.28. The summed E-state index contributed by atoms with van der Waals surface area (Å²) in [5.74, 6) is 0.273. The van der Waals surface area contributed by atoms with Gasteiger partial charge in [-0.15, -0.1) is 0 Å². The first kappa shape index (κ1) is 10.6. The Hall–Kier alpha value is -0.960. The van der Waals surface area contributed by atoms with E-state index in [0.717, 1.165) is 19.4 Å². The molecule has 3 heteroatoms. The second-order valence-electron chi connectivity index (χ2n) is 3.81. The van der Waals surface area contributed by atoms with E-state index in [9.17, 15) is 4.79 Å². The maximum atomic E-state index is 11.6. The molecule has 1 saturated heterocycles. The van der Waals surface area contributed by atoms with Gasteiger partial charge in [0.05, 0.1) is 0 Å². The fourth-order valence-corrected chi connectivity index (χ4v) is 2.66. The van der Waals surface area contributed by atoms with Crippen LogP contribution < -0.4 is 0 Å². The Labute approximate surface area is 94.8 Å². The Morgan fingerprint density at radius 2 is 2.07 bits per heavy atom. The van der Waals surface area contributed by atoms with E-state index < -0.39 is 0 Å². The number of hydrogen-bond acceptors (Lipinski definition) is 2. The Kier molecular flexibility index (Phi) is 3.31. The van der Waals surface area contributed by atoms with Gasteiger partial charge in [-0.2, -0.15) is 0 Å². The highest BCUT2D eigenvalue weighted by molar-refractivity contribution is 7.97. The van der Waals surface area contributed by atoms with Gasteiger partial charge in [-0.1, -0.05) is 18.2 Å². The summed E-state index contributed by atoms with van der Waals surface area (Å²) in [5.41, 5.74) is 1.24. The number of rotatable bonds is 2. The van der Waals surface area contributed by atoms with Gasteiger partial charge in [0, 0.05) is 17.9 Å². The molecular weight excluding hydrogens is 206 g/mol. The molecule has 2 nitrogen and oxygen atoms in total. The second-order valence-corrected chi connectivity index (χ2v) is 4.87. The number of benzene rings is 1. The van der Waals surface area contributed by atoms with Crippen LogP contribution in [0.4, 0.5) is 0 Å². The van der Waals surface area contributed by atoms with Crippen molar-refractivity contribution in [1.29, 1.82) is 0 Å². The van der Waals surface area contributed by atoms with Gasteiger partial charge in [0.25, 0.3) is 0 Å². The molecule has 1 aromatic carbocycles. The van der Waals surface area contributed by atoms with Crippen molar-refractivity contribution in [1.82, 2.24) is 4.31 Å². The van der Waals surface area contributed by atoms with Crippen LogP contribution in [0.25, 0.3) is 0 Å². The molecule has 15 heavy (non-hydrogen) atoms. The van der Waals surface area contributed by atoms with Gasteiger partial charge in [0.1, 0.15) is 0 Å². The molecular formula is C12H15NOS. The zero-order chi connectivity index (χ0) is 10.7. The summed E-state index contributed by atoms with van der Waals surface area (Å²) < 4.78 is 1.89. The largest absolute Gasteiger partial charge is 0.282 e. The first-order chi connectivity index (χ1) is 7.27. The van der Waals surface area contributed by atoms with E-state index in [0.29, 0.717) is 6.42 Å². The molecule has 0 aliphatic carbocycles. The van der Waals surface area contributed by atoms with Crippen LogP contribution in [-0.2, 0) is 4.79 Å². The number of hydrogen-bond donors (Lipinski definition) is 0. The number of nitrogens with zero attached hydrogens (tertiary/aromatic N) is 1. The topological polar surface area (TPSA) is 20.3 Å². The van der Waals surface area contributed by atoms with Crippen molar-refractivity contribution < 1.29 is 4.79 Å². The molecule has 1 aliphatic heterocycles. The number of aryl methyl sites for hydroxylation is 1. The molecule has 0 aromatic heterocycles. The van der Waals surface area contributed by atoms with Crippen molar-refractivity contribution in [3.8, 4) is 0 Å². The van der Waals surface area contributed by atoms with Crippen LogP contribution in [0.1, 0.15) is 24.8 Å². The summed E-state index contributed by atoms with van der Waals surface area (Å²) in [7, 11) is 0.